The number of rotatable bonds is 8. The number of carbonyl (C=O) groups is 1. The average Bonchev–Trinajstić information content (AvgIpc) is 3.53. The molecular formula is C26H33N7O5S. The minimum absolute atomic E-state index is 0.0684. The first kappa shape index (κ1) is 26.0. The number of hydrogen-bond donors (Lipinski definition) is 5. The predicted molar refractivity (Wildman–Crippen MR) is 145 cm³/mol. The van der Waals surface area contributed by atoms with E-state index in [-0.39, 0.29) is 23.5 Å². The molecule has 1 aliphatic heterocycles. The summed E-state index contributed by atoms with van der Waals surface area (Å²) in [6.07, 6.45) is 4.32. The Morgan fingerprint density at radius 3 is 2.62 bits per heavy atom. The predicted octanol–water partition coefficient (Wildman–Crippen LogP) is 1.60. The molecule has 6 N–H and O–H groups in total. The summed E-state index contributed by atoms with van der Waals surface area (Å²) in [7, 11) is -3.66. The van der Waals surface area contributed by atoms with Crippen molar-refractivity contribution in [2.45, 2.75) is 70.0 Å². The minimum atomic E-state index is -3.66. The number of aromatic nitrogens is 3. The quantitative estimate of drug-likeness (QED) is 0.259. The van der Waals surface area contributed by atoms with Crippen molar-refractivity contribution in [3.8, 4) is 11.3 Å². The van der Waals surface area contributed by atoms with Gasteiger partial charge in [0.15, 0.2) is 11.5 Å². The first-order valence-corrected chi connectivity index (χ1v) is 15.0. The van der Waals surface area contributed by atoms with Gasteiger partial charge in [-0.3, -0.25) is 14.8 Å². The van der Waals surface area contributed by atoms with E-state index in [1.54, 1.807) is 18.3 Å². The minimum Gasteiger partial charge on any atom is -0.393 e. The monoisotopic (exact) mass is 555 g/mol. The summed E-state index contributed by atoms with van der Waals surface area (Å²) in [5.41, 5.74) is 8.79. The zero-order chi connectivity index (χ0) is 27.9. The Kier molecular flexibility index (Phi) is 5.92. The zero-order valence-corrected chi connectivity index (χ0v) is 22.9. The number of carbonyl (C=O) groups excluding carboxylic acids is 1. The molecule has 12 nitrogen and oxygen atoms in total. The number of nitrogens with one attached hydrogen (secondary N) is 2. The Balaban J connectivity index is 1.40. The van der Waals surface area contributed by atoms with E-state index in [2.05, 4.69) is 15.1 Å². The van der Waals surface area contributed by atoms with E-state index in [0.29, 0.717) is 53.3 Å². The summed E-state index contributed by atoms with van der Waals surface area (Å²) in [5, 5.41) is 28.1. The molecule has 2 atom stereocenters. The maximum atomic E-state index is 13.4. The van der Waals surface area contributed by atoms with E-state index >= 15 is 0 Å². The number of anilines is 2. The molecule has 1 unspecified atom stereocenters. The van der Waals surface area contributed by atoms with E-state index in [4.69, 9.17) is 10.7 Å². The SMILES string of the molecule is C[C@@H](C1CC1)N1Cc2cc(-c3ccn4nc(N)c(C(O)NC5(C)CC(O)C5)c4n3)cc(NS(C)(=O)=O)c2C1=O. The third-order valence-corrected chi connectivity index (χ3v) is 8.69. The standard InChI is InChI=1S/C26H33N7O5S/c1-13(14-4-5-14)32-12-16-8-15(9-19(20(16)25(32)36)31-39(3,37)38)18-6-7-33-23(28-18)21(22(27)30-33)24(35)29-26(2)10-17(34)11-26/h6-9,13-14,17,24,29,31,34-35H,4-5,10-12H2,1-3H3,(H2,27,30)/t13-,17?,24?,26?/m0/s1. The number of aliphatic hydroxyl groups excluding tert-OH is 2. The fraction of sp³-hybridized carbons (Fsp3) is 0.500. The van der Waals surface area contributed by atoms with E-state index in [0.717, 1.165) is 24.7 Å². The van der Waals surface area contributed by atoms with Crippen LogP contribution in [0.2, 0.25) is 0 Å². The molecule has 3 heterocycles. The summed E-state index contributed by atoms with van der Waals surface area (Å²) < 4.78 is 28.4. The van der Waals surface area contributed by atoms with Crippen LogP contribution in [0.4, 0.5) is 11.5 Å². The van der Waals surface area contributed by atoms with Crippen molar-refractivity contribution in [3.63, 3.8) is 0 Å². The highest BCUT2D eigenvalue weighted by atomic mass is 32.2. The summed E-state index contributed by atoms with van der Waals surface area (Å²) in [6.45, 7) is 4.34. The zero-order valence-electron chi connectivity index (χ0n) is 22.0. The van der Waals surface area contributed by atoms with Crippen LogP contribution in [0.15, 0.2) is 24.4 Å². The molecule has 13 heteroatoms. The molecule has 6 rings (SSSR count). The molecular weight excluding hydrogens is 522 g/mol. The molecule has 2 aromatic heterocycles. The number of aliphatic hydroxyl groups is 2. The summed E-state index contributed by atoms with van der Waals surface area (Å²) in [6, 6.07) is 5.27. The number of nitrogens with zero attached hydrogens (tertiary/aromatic N) is 4. The third-order valence-electron chi connectivity index (χ3n) is 8.10. The van der Waals surface area contributed by atoms with Crippen molar-refractivity contribution >= 4 is 33.1 Å². The molecule has 2 saturated carbocycles. The molecule has 0 spiro atoms. The van der Waals surface area contributed by atoms with Gasteiger partial charge in [-0.15, -0.1) is 5.10 Å². The Hall–Kier alpha value is -3.26. The lowest BCUT2D eigenvalue weighted by atomic mass is 9.76. The second kappa shape index (κ2) is 8.88. The van der Waals surface area contributed by atoms with Gasteiger partial charge < -0.3 is 20.8 Å². The van der Waals surface area contributed by atoms with Gasteiger partial charge in [-0.2, -0.15) is 0 Å². The second-order valence-electron chi connectivity index (χ2n) is 11.5. The fourth-order valence-electron chi connectivity index (χ4n) is 5.96. The summed E-state index contributed by atoms with van der Waals surface area (Å²) in [4.78, 5) is 19.9. The number of hydrogen-bond acceptors (Lipinski definition) is 9. The number of amides is 1. The van der Waals surface area contributed by atoms with Crippen LogP contribution < -0.4 is 15.8 Å². The summed E-state index contributed by atoms with van der Waals surface area (Å²) in [5.74, 6) is 0.404. The molecule has 3 aromatic rings. The van der Waals surface area contributed by atoms with Crippen molar-refractivity contribution in [1.29, 1.82) is 0 Å². The Morgan fingerprint density at radius 2 is 1.97 bits per heavy atom. The molecule has 2 aliphatic carbocycles. The lowest BCUT2D eigenvalue weighted by molar-refractivity contribution is -0.0225. The number of sulfonamides is 1. The molecule has 1 amide bonds. The van der Waals surface area contributed by atoms with Gasteiger partial charge in [0.25, 0.3) is 5.91 Å². The second-order valence-corrected chi connectivity index (χ2v) is 13.2. The lowest BCUT2D eigenvalue weighted by Crippen LogP contribution is -2.56. The van der Waals surface area contributed by atoms with Gasteiger partial charge in [0.1, 0.15) is 6.23 Å². The lowest BCUT2D eigenvalue weighted by Gasteiger charge is -2.44. The number of benzene rings is 1. The molecule has 39 heavy (non-hydrogen) atoms. The van der Waals surface area contributed by atoms with Gasteiger partial charge in [0.05, 0.1) is 34.9 Å². The van der Waals surface area contributed by atoms with Crippen LogP contribution in [-0.4, -0.2) is 68.0 Å². The van der Waals surface area contributed by atoms with E-state index in [1.165, 1.54) is 4.52 Å². The van der Waals surface area contributed by atoms with Crippen molar-refractivity contribution in [2.24, 2.45) is 5.92 Å². The highest BCUT2D eigenvalue weighted by Gasteiger charge is 2.42. The molecule has 0 bridgehead atoms. The Morgan fingerprint density at radius 1 is 1.26 bits per heavy atom. The molecule has 208 valence electrons. The normalized spacial score (nSPS) is 24.5. The smallest absolute Gasteiger partial charge is 0.256 e. The largest absolute Gasteiger partial charge is 0.393 e. The van der Waals surface area contributed by atoms with Gasteiger partial charge in [-0.1, -0.05) is 0 Å². The van der Waals surface area contributed by atoms with Crippen LogP contribution in [0, 0.1) is 5.92 Å². The van der Waals surface area contributed by atoms with Gasteiger partial charge in [-0.05, 0) is 69.2 Å². The highest BCUT2D eigenvalue weighted by Crippen LogP contribution is 2.41. The Labute approximate surface area is 226 Å². The molecule has 0 saturated heterocycles. The first-order valence-electron chi connectivity index (χ1n) is 13.1. The van der Waals surface area contributed by atoms with Gasteiger partial charge in [-0.25, -0.2) is 17.9 Å². The van der Waals surface area contributed by atoms with E-state index in [1.807, 2.05) is 24.8 Å². The van der Waals surface area contributed by atoms with Crippen molar-refractivity contribution < 1.29 is 23.4 Å². The summed E-state index contributed by atoms with van der Waals surface area (Å²) >= 11 is 0. The van der Waals surface area contributed by atoms with Crippen LogP contribution in [-0.2, 0) is 16.6 Å². The van der Waals surface area contributed by atoms with Crippen LogP contribution in [0.5, 0.6) is 0 Å². The van der Waals surface area contributed by atoms with Crippen LogP contribution in [0.1, 0.15) is 67.2 Å². The van der Waals surface area contributed by atoms with E-state index in [9.17, 15) is 23.4 Å². The maximum absolute atomic E-state index is 13.4. The van der Waals surface area contributed by atoms with Gasteiger partial charge in [0.2, 0.25) is 10.0 Å². The number of nitrogens with two attached hydrogens (primary N) is 1. The van der Waals surface area contributed by atoms with Crippen molar-refractivity contribution in [1.82, 2.24) is 24.8 Å². The van der Waals surface area contributed by atoms with Gasteiger partial charge in [0, 0.05) is 29.9 Å². The van der Waals surface area contributed by atoms with Crippen molar-refractivity contribution in [2.75, 3.05) is 16.7 Å². The topological polar surface area (TPSA) is 175 Å². The molecule has 3 aliphatic rings. The van der Waals surface area contributed by atoms with Gasteiger partial charge >= 0.3 is 0 Å². The highest BCUT2D eigenvalue weighted by molar-refractivity contribution is 7.92. The molecule has 2 fully saturated rings. The average molecular weight is 556 g/mol. The number of fused-ring (bicyclic) bond motifs is 2. The number of nitrogen functional groups attached to an aromatic ring is 1. The first-order chi connectivity index (χ1) is 18.3. The Bertz CT molecular complexity index is 1590. The van der Waals surface area contributed by atoms with Crippen LogP contribution >= 0.6 is 0 Å². The molecule has 0 radical (unpaired) electrons. The van der Waals surface area contributed by atoms with Crippen molar-refractivity contribution in [3.05, 3.63) is 41.1 Å². The molecule has 1 aromatic carbocycles. The fourth-order valence-corrected chi connectivity index (χ4v) is 6.52. The van der Waals surface area contributed by atoms with E-state index < -0.39 is 27.9 Å². The maximum Gasteiger partial charge on any atom is 0.256 e. The third kappa shape index (κ3) is 4.73. The van der Waals surface area contributed by atoms with Crippen LogP contribution in [0.3, 0.4) is 0 Å². The van der Waals surface area contributed by atoms with Crippen LogP contribution in [0.25, 0.3) is 16.9 Å².